The highest BCUT2D eigenvalue weighted by Gasteiger charge is 2.18. The van der Waals surface area contributed by atoms with Crippen LogP contribution in [0.4, 0.5) is 10.1 Å². The Morgan fingerprint density at radius 2 is 2.26 bits per heavy atom. The van der Waals surface area contributed by atoms with Crippen LogP contribution in [0.15, 0.2) is 35.7 Å². The Kier molecular flexibility index (Phi) is 6.58. The van der Waals surface area contributed by atoms with Gasteiger partial charge in [-0.3, -0.25) is 4.79 Å². The van der Waals surface area contributed by atoms with Crippen LogP contribution in [-0.4, -0.2) is 25.9 Å². The minimum absolute atomic E-state index is 0.191. The fourth-order valence-electron chi connectivity index (χ4n) is 2.04. The lowest BCUT2D eigenvalue weighted by atomic mass is 10.2. The number of hydrogen-bond donors (Lipinski definition) is 1. The number of rotatable bonds is 8. The predicted octanol–water partition coefficient (Wildman–Crippen LogP) is 3.73. The van der Waals surface area contributed by atoms with Gasteiger partial charge in [0.1, 0.15) is 12.1 Å². The summed E-state index contributed by atoms with van der Waals surface area (Å²) >= 11 is 1.35. The van der Waals surface area contributed by atoms with E-state index in [9.17, 15) is 9.18 Å². The van der Waals surface area contributed by atoms with E-state index in [0.29, 0.717) is 5.69 Å². The molecule has 0 saturated heterocycles. The van der Waals surface area contributed by atoms with Gasteiger partial charge >= 0.3 is 0 Å². The number of aryl methyl sites for hydroxylation is 1. The summed E-state index contributed by atoms with van der Waals surface area (Å²) in [4.78, 5) is 12.2. The lowest BCUT2D eigenvalue weighted by Crippen LogP contribution is -2.23. The molecule has 0 saturated carbocycles. The van der Waals surface area contributed by atoms with Crippen LogP contribution in [0.5, 0.6) is 0 Å². The minimum Gasteiger partial charge on any atom is -0.325 e. The fourth-order valence-corrected chi connectivity index (χ4v) is 2.89. The molecule has 0 aliphatic carbocycles. The highest BCUT2D eigenvalue weighted by molar-refractivity contribution is 8.00. The van der Waals surface area contributed by atoms with Crippen molar-refractivity contribution >= 4 is 23.4 Å². The number of nitrogens with zero attached hydrogens (tertiary/aromatic N) is 3. The van der Waals surface area contributed by atoms with E-state index in [1.807, 2.05) is 4.57 Å². The SMILES string of the molecule is CCCCCn1cnnc1S[C@H](C)C(=O)Nc1cccc(F)c1. The van der Waals surface area contributed by atoms with Crippen molar-refractivity contribution in [2.24, 2.45) is 0 Å². The van der Waals surface area contributed by atoms with Crippen LogP contribution < -0.4 is 5.32 Å². The number of carbonyl (C=O) groups excluding carboxylic acids is 1. The number of benzene rings is 1. The third-order valence-electron chi connectivity index (χ3n) is 3.33. The van der Waals surface area contributed by atoms with E-state index in [-0.39, 0.29) is 17.0 Å². The topological polar surface area (TPSA) is 59.8 Å². The van der Waals surface area contributed by atoms with Gasteiger partial charge in [0.2, 0.25) is 5.91 Å². The molecule has 0 spiro atoms. The van der Waals surface area contributed by atoms with Crippen molar-refractivity contribution in [2.45, 2.75) is 50.1 Å². The Bertz CT molecular complexity index is 647. The first-order valence-electron chi connectivity index (χ1n) is 7.71. The Balaban J connectivity index is 1.92. The number of thioether (sulfide) groups is 1. The molecule has 1 heterocycles. The normalized spacial score (nSPS) is 12.1. The van der Waals surface area contributed by atoms with E-state index in [1.54, 1.807) is 25.4 Å². The van der Waals surface area contributed by atoms with Crippen LogP contribution in [0.3, 0.4) is 0 Å². The number of nitrogens with one attached hydrogen (secondary N) is 1. The second kappa shape index (κ2) is 8.67. The summed E-state index contributed by atoms with van der Waals surface area (Å²) in [5, 5.41) is 11.1. The molecule has 2 aromatic rings. The average Bonchev–Trinajstić information content (AvgIpc) is 2.95. The number of halogens is 1. The summed E-state index contributed by atoms with van der Waals surface area (Å²) in [6, 6.07) is 5.86. The molecule has 0 fully saturated rings. The summed E-state index contributed by atoms with van der Waals surface area (Å²) < 4.78 is 15.1. The standard InChI is InChI=1S/C16H21FN4OS/c1-3-4-5-9-21-11-18-20-16(21)23-12(2)15(22)19-14-8-6-7-13(17)10-14/h6-8,10-12H,3-5,9H2,1-2H3,(H,19,22)/t12-/m1/s1. The monoisotopic (exact) mass is 336 g/mol. The van der Waals surface area contributed by atoms with Crippen LogP contribution in [0.1, 0.15) is 33.1 Å². The molecule has 5 nitrogen and oxygen atoms in total. The van der Waals surface area contributed by atoms with Gasteiger partial charge in [-0.05, 0) is 31.5 Å². The summed E-state index contributed by atoms with van der Waals surface area (Å²) in [7, 11) is 0. The first-order chi connectivity index (χ1) is 11.1. The summed E-state index contributed by atoms with van der Waals surface area (Å²) in [5.74, 6) is -0.567. The van der Waals surface area contributed by atoms with Gasteiger partial charge in [-0.1, -0.05) is 37.6 Å². The van der Waals surface area contributed by atoms with Gasteiger partial charge in [0, 0.05) is 12.2 Å². The van der Waals surface area contributed by atoms with Crippen molar-refractivity contribution in [1.82, 2.24) is 14.8 Å². The molecule has 0 unspecified atom stereocenters. The third-order valence-corrected chi connectivity index (χ3v) is 4.42. The number of hydrogen-bond acceptors (Lipinski definition) is 4. The molecular formula is C16H21FN4OS. The molecule has 23 heavy (non-hydrogen) atoms. The first kappa shape index (κ1) is 17.5. The van der Waals surface area contributed by atoms with Gasteiger partial charge in [-0.25, -0.2) is 4.39 Å². The Morgan fingerprint density at radius 3 is 3.00 bits per heavy atom. The molecule has 1 N–H and O–H groups in total. The zero-order valence-electron chi connectivity index (χ0n) is 13.3. The molecule has 0 radical (unpaired) electrons. The zero-order valence-corrected chi connectivity index (χ0v) is 14.1. The van der Waals surface area contributed by atoms with E-state index in [2.05, 4.69) is 22.4 Å². The molecule has 1 aromatic heterocycles. The molecule has 2 rings (SSSR count). The van der Waals surface area contributed by atoms with Crippen LogP contribution in [0.25, 0.3) is 0 Å². The van der Waals surface area contributed by atoms with Gasteiger partial charge in [0.15, 0.2) is 5.16 Å². The van der Waals surface area contributed by atoms with E-state index in [4.69, 9.17) is 0 Å². The van der Waals surface area contributed by atoms with Gasteiger partial charge in [0.25, 0.3) is 0 Å². The molecule has 124 valence electrons. The summed E-state index contributed by atoms with van der Waals surface area (Å²) in [6.45, 7) is 4.80. The van der Waals surface area contributed by atoms with Crippen LogP contribution in [-0.2, 0) is 11.3 Å². The lowest BCUT2D eigenvalue weighted by Gasteiger charge is -2.12. The van der Waals surface area contributed by atoms with E-state index in [0.717, 1.165) is 31.0 Å². The minimum atomic E-state index is -0.376. The molecule has 1 atom stereocenters. The molecule has 7 heteroatoms. The average molecular weight is 336 g/mol. The molecule has 1 aromatic carbocycles. The maximum Gasteiger partial charge on any atom is 0.237 e. The molecule has 1 amide bonds. The molecular weight excluding hydrogens is 315 g/mol. The Labute approximate surface area is 139 Å². The lowest BCUT2D eigenvalue weighted by molar-refractivity contribution is -0.115. The maximum atomic E-state index is 13.1. The van der Waals surface area contributed by atoms with Crippen LogP contribution in [0, 0.1) is 5.82 Å². The number of anilines is 1. The van der Waals surface area contributed by atoms with Gasteiger partial charge in [-0.15, -0.1) is 10.2 Å². The highest BCUT2D eigenvalue weighted by atomic mass is 32.2. The first-order valence-corrected chi connectivity index (χ1v) is 8.59. The Hall–Kier alpha value is -1.89. The Morgan fingerprint density at radius 1 is 1.43 bits per heavy atom. The number of carbonyl (C=O) groups is 1. The summed E-state index contributed by atoms with van der Waals surface area (Å²) in [6.07, 6.45) is 5.05. The van der Waals surface area contributed by atoms with Gasteiger partial charge in [0.05, 0.1) is 5.25 Å². The van der Waals surface area contributed by atoms with Crippen molar-refractivity contribution in [3.63, 3.8) is 0 Å². The van der Waals surface area contributed by atoms with E-state index >= 15 is 0 Å². The van der Waals surface area contributed by atoms with Crippen LogP contribution >= 0.6 is 11.8 Å². The number of aromatic nitrogens is 3. The zero-order chi connectivity index (χ0) is 16.7. The van der Waals surface area contributed by atoms with E-state index < -0.39 is 0 Å². The maximum absolute atomic E-state index is 13.1. The van der Waals surface area contributed by atoms with Crippen molar-refractivity contribution in [3.8, 4) is 0 Å². The predicted molar refractivity (Wildman–Crippen MR) is 89.9 cm³/mol. The third kappa shape index (κ3) is 5.35. The van der Waals surface area contributed by atoms with Gasteiger partial charge in [-0.2, -0.15) is 0 Å². The second-order valence-corrected chi connectivity index (χ2v) is 6.58. The number of amides is 1. The smallest absolute Gasteiger partial charge is 0.237 e. The van der Waals surface area contributed by atoms with E-state index in [1.165, 1.54) is 23.9 Å². The van der Waals surface area contributed by atoms with Crippen molar-refractivity contribution in [2.75, 3.05) is 5.32 Å². The second-order valence-electron chi connectivity index (χ2n) is 5.27. The highest BCUT2D eigenvalue weighted by Crippen LogP contribution is 2.22. The molecule has 0 bridgehead atoms. The van der Waals surface area contributed by atoms with Crippen molar-refractivity contribution in [1.29, 1.82) is 0 Å². The fraction of sp³-hybridized carbons (Fsp3) is 0.438. The van der Waals surface area contributed by atoms with Gasteiger partial charge < -0.3 is 9.88 Å². The van der Waals surface area contributed by atoms with Crippen molar-refractivity contribution in [3.05, 3.63) is 36.4 Å². The molecule has 0 aliphatic rings. The largest absolute Gasteiger partial charge is 0.325 e. The number of unbranched alkanes of at least 4 members (excludes halogenated alkanes) is 2. The quantitative estimate of drug-likeness (QED) is 0.589. The summed E-state index contributed by atoms with van der Waals surface area (Å²) in [5.41, 5.74) is 0.451. The molecule has 0 aliphatic heterocycles. The van der Waals surface area contributed by atoms with Crippen LogP contribution in [0.2, 0.25) is 0 Å². The van der Waals surface area contributed by atoms with Crippen molar-refractivity contribution < 1.29 is 9.18 Å².